The second-order valence-electron chi connectivity index (χ2n) is 6.59. The van der Waals surface area contributed by atoms with Crippen molar-refractivity contribution in [2.45, 2.75) is 53.4 Å². The molecule has 2 aliphatic rings. The van der Waals surface area contributed by atoms with Crippen molar-refractivity contribution in [1.82, 2.24) is 10.6 Å². The molecule has 4 atom stereocenters. The van der Waals surface area contributed by atoms with Crippen LogP contribution < -0.4 is 10.6 Å². The third-order valence-electron chi connectivity index (χ3n) is 4.82. The zero-order chi connectivity index (χ0) is 15.1. The minimum absolute atomic E-state index is 0.219. The van der Waals surface area contributed by atoms with Gasteiger partial charge in [-0.2, -0.15) is 0 Å². The van der Waals surface area contributed by atoms with E-state index in [1.165, 1.54) is 0 Å². The second-order valence-corrected chi connectivity index (χ2v) is 6.59. The number of hydrogen-bond acceptors (Lipinski definition) is 2. The van der Waals surface area contributed by atoms with Gasteiger partial charge in [-0.1, -0.05) is 27.7 Å². The van der Waals surface area contributed by atoms with Crippen LogP contribution in [0.15, 0.2) is 0 Å². The number of carbonyl (C=O) groups is 2. The van der Waals surface area contributed by atoms with Crippen LogP contribution in [-0.4, -0.2) is 24.9 Å². The van der Waals surface area contributed by atoms with Crippen LogP contribution in [0.4, 0.5) is 0 Å². The molecule has 0 aliphatic carbocycles. The molecule has 4 heteroatoms. The molecule has 20 heavy (non-hydrogen) atoms. The van der Waals surface area contributed by atoms with E-state index in [0.717, 1.165) is 25.9 Å². The smallest absolute Gasteiger partial charge is 0.220 e. The Morgan fingerprint density at radius 2 is 1.45 bits per heavy atom. The molecular weight excluding hydrogens is 252 g/mol. The van der Waals surface area contributed by atoms with Crippen LogP contribution in [-0.2, 0) is 9.59 Å². The van der Waals surface area contributed by atoms with Gasteiger partial charge in [-0.05, 0) is 36.5 Å². The van der Waals surface area contributed by atoms with Crippen LogP contribution >= 0.6 is 0 Å². The summed E-state index contributed by atoms with van der Waals surface area (Å²) in [6.07, 6.45) is 3.60. The topological polar surface area (TPSA) is 58.2 Å². The van der Waals surface area contributed by atoms with E-state index < -0.39 is 0 Å². The molecule has 116 valence electrons. The van der Waals surface area contributed by atoms with Gasteiger partial charge in [-0.25, -0.2) is 0 Å². The van der Waals surface area contributed by atoms with Gasteiger partial charge in [0.1, 0.15) is 0 Å². The third-order valence-corrected chi connectivity index (χ3v) is 4.82. The molecule has 0 radical (unpaired) electrons. The standard InChI is InChI=1S/2C8H15NO/c1-6-3-4-9-8(10)5-7(6)2;1-6-3-4-8(10)9-5-7(6)2/h2*6-7H,3-5H2,1-2H3,(H,9,10). The van der Waals surface area contributed by atoms with Gasteiger partial charge in [0.05, 0.1) is 0 Å². The number of amides is 2. The van der Waals surface area contributed by atoms with E-state index in [9.17, 15) is 9.59 Å². The molecule has 2 fully saturated rings. The Kier molecular flexibility index (Phi) is 7.03. The fourth-order valence-electron chi connectivity index (χ4n) is 2.50. The summed E-state index contributed by atoms with van der Waals surface area (Å²) in [5, 5.41) is 5.75. The molecule has 2 saturated heterocycles. The SMILES string of the molecule is CC1CCC(=O)NCC1C.CC1CCNC(=O)CC1C. The van der Waals surface area contributed by atoms with Gasteiger partial charge < -0.3 is 10.6 Å². The Hall–Kier alpha value is -1.06. The highest BCUT2D eigenvalue weighted by molar-refractivity contribution is 5.76. The lowest BCUT2D eigenvalue weighted by molar-refractivity contribution is -0.122. The monoisotopic (exact) mass is 282 g/mol. The van der Waals surface area contributed by atoms with E-state index in [2.05, 4.69) is 38.3 Å². The van der Waals surface area contributed by atoms with E-state index in [0.29, 0.717) is 36.5 Å². The summed E-state index contributed by atoms with van der Waals surface area (Å²) in [4.78, 5) is 21.8. The minimum atomic E-state index is 0.219. The average Bonchev–Trinajstić information content (AvgIpc) is 2.63. The highest BCUT2D eigenvalue weighted by atomic mass is 16.2. The quantitative estimate of drug-likeness (QED) is 0.716. The Labute approximate surface area is 123 Å². The zero-order valence-electron chi connectivity index (χ0n) is 13.4. The molecule has 2 heterocycles. The molecule has 0 aromatic carbocycles. The first-order valence-electron chi connectivity index (χ1n) is 7.93. The lowest BCUT2D eigenvalue weighted by atomic mass is 9.91. The van der Waals surface area contributed by atoms with E-state index >= 15 is 0 Å². The van der Waals surface area contributed by atoms with E-state index in [-0.39, 0.29) is 11.8 Å². The molecule has 0 spiro atoms. The summed E-state index contributed by atoms with van der Waals surface area (Å²) in [7, 11) is 0. The summed E-state index contributed by atoms with van der Waals surface area (Å²) < 4.78 is 0. The Morgan fingerprint density at radius 3 is 2.15 bits per heavy atom. The molecule has 2 aliphatic heterocycles. The van der Waals surface area contributed by atoms with Gasteiger partial charge >= 0.3 is 0 Å². The third kappa shape index (κ3) is 5.93. The molecule has 2 rings (SSSR count). The maximum atomic E-state index is 10.9. The van der Waals surface area contributed by atoms with Gasteiger partial charge in [0, 0.05) is 25.9 Å². The Balaban J connectivity index is 0.000000200. The highest BCUT2D eigenvalue weighted by Gasteiger charge is 2.19. The van der Waals surface area contributed by atoms with Crippen molar-refractivity contribution in [2.24, 2.45) is 23.7 Å². The largest absolute Gasteiger partial charge is 0.356 e. The van der Waals surface area contributed by atoms with E-state index in [1.54, 1.807) is 0 Å². The van der Waals surface area contributed by atoms with Crippen molar-refractivity contribution in [1.29, 1.82) is 0 Å². The van der Waals surface area contributed by atoms with E-state index in [1.807, 2.05) is 0 Å². The van der Waals surface area contributed by atoms with Crippen molar-refractivity contribution in [2.75, 3.05) is 13.1 Å². The average molecular weight is 282 g/mol. The summed E-state index contributed by atoms with van der Waals surface area (Å²) in [5.41, 5.74) is 0. The van der Waals surface area contributed by atoms with Crippen LogP contribution in [0.1, 0.15) is 53.4 Å². The van der Waals surface area contributed by atoms with Crippen LogP contribution in [0.5, 0.6) is 0 Å². The van der Waals surface area contributed by atoms with Crippen molar-refractivity contribution >= 4 is 11.8 Å². The summed E-state index contributed by atoms with van der Waals surface area (Å²) >= 11 is 0. The van der Waals surface area contributed by atoms with Crippen molar-refractivity contribution in [3.05, 3.63) is 0 Å². The van der Waals surface area contributed by atoms with Crippen molar-refractivity contribution in [3.8, 4) is 0 Å². The molecule has 2 amide bonds. The molecular formula is C16H30N2O2. The Bertz CT molecular complexity index is 316. The van der Waals surface area contributed by atoms with Crippen LogP contribution in [0.25, 0.3) is 0 Å². The predicted molar refractivity (Wildman–Crippen MR) is 81.1 cm³/mol. The molecule has 0 saturated carbocycles. The number of nitrogens with one attached hydrogen (secondary N) is 2. The van der Waals surface area contributed by atoms with Crippen LogP contribution in [0.2, 0.25) is 0 Å². The lowest BCUT2D eigenvalue weighted by Gasteiger charge is -2.14. The maximum Gasteiger partial charge on any atom is 0.220 e. The maximum absolute atomic E-state index is 10.9. The first-order valence-corrected chi connectivity index (χ1v) is 7.93. The van der Waals surface area contributed by atoms with E-state index in [4.69, 9.17) is 0 Å². The molecule has 4 unspecified atom stereocenters. The molecule has 0 aromatic heterocycles. The molecule has 0 aromatic rings. The summed E-state index contributed by atoms with van der Waals surface area (Å²) in [6.45, 7) is 10.5. The first-order chi connectivity index (χ1) is 9.40. The second kappa shape index (κ2) is 8.28. The van der Waals surface area contributed by atoms with Crippen molar-refractivity contribution in [3.63, 3.8) is 0 Å². The Morgan fingerprint density at radius 1 is 0.800 bits per heavy atom. The number of rotatable bonds is 0. The fraction of sp³-hybridized carbons (Fsp3) is 0.875. The highest BCUT2D eigenvalue weighted by Crippen LogP contribution is 2.20. The van der Waals surface area contributed by atoms with Gasteiger partial charge in [0.15, 0.2) is 0 Å². The zero-order valence-corrected chi connectivity index (χ0v) is 13.4. The van der Waals surface area contributed by atoms with Gasteiger partial charge in [0.2, 0.25) is 11.8 Å². The predicted octanol–water partition coefficient (Wildman–Crippen LogP) is 2.34. The number of carbonyl (C=O) groups excluding carboxylic acids is 2. The number of hydrogen-bond donors (Lipinski definition) is 2. The fourth-order valence-corrected chi connectivity index (χ4v) is 2.50. The van der Waals surface area contributed by atoms with Crippen LogP contribution in [0.3, 0.4) is 0 Å². The van der Waals surface area contributed by atoms with Crippen molar-refractivity contribution < 1.29 is 9.59 Å². The summed E-state index contributed by atoms with van der Waals surface area (Å²) in [6, 6.07) is 0. The van der Waals surface area contributed by atoms with Gasteiger partial charge in [0.25, 0.3) is 0 Å². The normalized spacial score (nSPS) is 34.8. The minimum Gasteiger partial charge on any atom is -0.356 e. The first kappa shape index (κ1) is 17.0. The van der Waals surface area contributed by atoms with Crippen LogP contribution in [0, 0.1) is 23.7 Å². The summed E-state index contributed by atoms with van der Waals surface area (Å²) in [5.74, 6) is 3.03. The lowest BCUT2D eigenvalue weighted by Crippen LogP contribution is -2.25. The van der Waals surface area contributed by atoms with Gasteiger partial charge in [-0.3, -0.25) is 9.59 Å². The molecule has 0 bridgehead atoms. The molecule has 4 nitrogen and oxygen atoms in total. The van der Waals surface area contributed by atoms with Gasteiger partial charge in [-0.15, -0.1) is 0 Å². The molecule has 2 N–H and O–H groups in total.